The van der Waals surface area contributed by atoms with Crippen LogP contribution in [0, 0.1) is 6.92 Å². The van der Waals surface area contributed by atoms with Gasteiger partial charge in [-0.3, -0.25) is 4.57 Å². The maximum atomic E-state index is 12.4. The third-order valence-electron chi connectivity index (χ3n) is 3.65. The minimum atomic E-state index is -0.400. The number of hydrogen-bond acceptors (Lipinski definition) is 5. The summed E-state index contributed by atoms with van der Waals surface area (Å²) < 4.78 is 18.0. The van der Waals surface area contributed by atoms with E-state index in [9.17, 15) is 4.79 Å². The lowest BCUT2D eigenvalue weighted by Crippen LogP contribution is -2.19. The van der Waals surface area contributed by atoms with E-state index >= 15 is 0 Å². The van der Waals surface area contributed by atoms with Gasteiger partial charge >= 0.3 is 5.97 Å². The van der Waals surface area contributed by atoms with Crippen LogP contribution in [0.15, 0.2) is 24.3 Å². The number of aryl methyl sites for hydroxylation is 1. The van der Waals surface area contributed by atoms with E-state index in [4.69, 9.17) is 14.2 Å². The van der Waals surface area contributed by atoms with Crippen LogP contribution < -0.4 is 4.74 Å². The summed E-state index contributed by atoms with van der Waals surface area (Å²) in [5.74, 6) is 0.972. The van der Waals surface area contributed by atoms with E-state index in [0.29, 0.717) is 30.4 Å². The lowest BCUT2D eigenvalue weighted by molar-refractivity contribution is 0.0195. The van der Waals surface area contributed by atoms with Crippen molar-refractivity contribution in [2.75, 3.05) is 20.3 Å². The summed E-state index contributed by atoms with van der Waals surface area (Å²) in [5, 5.41) is 0. The number of carbonyl (C=O) groups excluding carboxylic acids is 1. The highest BCUT2D eigenvalue weighted by Crippen LogP contribution is 2.29. The minimum Gasteiger partial charge on any atom is -0.497 e. The largest absolute Gasteiger partial charge is 0.497 e. The van der Waals surface area contributed by atoms with Crippen molar-refractivity contribution in [1.29, 1.82) is 0 Å². The molecular formula is C18H24N2O4. The van der Waals surface area contributed by atoms with Crippen molar-refractivity contribution in [3.05, 3.63) is 35.7 Å². The standard InChI is InChI=1S/C18H24N2O4/c1-6-23-13(4)20-16(18(21)24-7-2)12(3)19-17(20)14-9-8-10-15(11-14)22-5/h8-11,13H,6-7H2,1-5H3. The molecule has 0 saturated carbocycles. The number of carbonyl (C=O) groups is 1. The highest BCUT2D eigenvalue weighted by atomic mass is 16.5. The van der Waals surface area contributed by atoms with Crippen molar-refractivity contribution in [3.63, 3.8) is 0 Å². The Hall–Kier alpha value is -2.34. The van der Waals surface area contributed by atoms with E-state index in [-0.39, 0.29) is 6.23 Å². The SMILES string of the molecule is CCOC(=O)c1c(C)nc(-c2cccc(OC)c2)n1C(C)OCC. The van der Waals surface area contributed by atoms with Gasteiger partial charge < -0.3 is 14.2 Å². The van der Waals surface area contributed by atoms with Crippen molar-refractivity contribution in [3.8, 4) is 17.1 Å². The molecule has 0 radical (unpaired) electrons. The van der Waals surface area contributed by atoms with E-state index in [0.717, 1.165) is 11.3 Å². The molecule has 0 aliphatic carbocycles. The van der Waals surface area contributed by atoms with Gasteiger partial charge in [0.25, 0.3) is 0 Å². The Kier molecular flexibility index (Phi) is 5.98. The van der Waals surface area contributed by atoms with Crippen LogP contribution in [0.5, 0.6) is 5.75 Å². The fourth-order valence-corrected chi connectivity index (χ4v) is 2.63. The molecule has 6 heteroatoms. The van der Waals surface area contributed by atoms with E-state index in [1.54, 1.807) is 25.5 Å². The molecule has 24 heavy (non-hydrogen) atoms. The Morgan fingerprint density at radius 1 is 1.29 bits per heavy atom. The number of rotatable bonds is 7. The molecule has 1 unspecified atom stereocenters. The first-order valence-corrected chi connectivity index (χ1v) is 8.05. The summed E-state index contributed by atoms with van der Waals surface area (Å²) in [6.45, 7) is 8.21. The van der Waals surface area contributed by atoms with E-state index in [1.165, 1.54) is 0 Å². The summed E-state index contributed by atoms with van der Waals surface area (Å²) in [6.07, 6.45) is -0.350. The van der Waals surface area contributed by atoms with Gasteiger partial charge in [-0.15, -0.1) is 0 Å². The van der Waals surface area contributed by atoms with Gasteiger partial charge in [-0.1, -0.05) is 12.1 Å². The maximum Gasteiger partial charge on any atom is 0.356 e. The van der Waals surface area contributed by atoms with Crippen molar-refractivity contribution < 1.29 is 19.0 Å². The molecule has 0 saturated heterocycles. The number of esters is 1. The Bertz CT molecular complexity index is 709. The second-order valence-electron chi connectivity index (χ2n) is 5.25. The molecule has 0 aliphatic rings. The zero-order chi connectivity index (χ0) is 17.7. The Morgan fingerprint density at radius 3 is 2.67 bits per heavy atom. The third kappa shape index (κ3) is 3.59. The average molecular weight is 332 g/mol. The first kappa shape index (κ1) is 18.0. The highest BCUT2D eigenvalue weighted by Gasteiger charge is 2.26. The summed E-state index contributed by atoms with van der Waals surface area (Å²) >= 11 is 0. The highest BCUT2D eigenvalue weighted by molar-refractivity contribution is 5.90. The fourth-order valence-electron chi connectivity index (χ4n) is 2.63. The summed E-state index contributed by atoms with van der Waals surface area (Å²) in [4.78, 5) is 17.0. The number of methoxy groups -OCH3 is 1. The number of nitrogens with zero attached hydrogens (tertiary/aromatic N) is 2. The van der Waals surface area contributed by atoms with Crippen LogP contribution >= 0.6 is 0 Å². The summed E-state index contributed by atoms with van der Waals surface area (Å²) in [5.41, 5.74) is 1.87. The van der Waals surface area contributed by atoms with E-state index in [2.05, 4.69) is 4.98 Å². The first-order valence-electron chi connectivity index (χ1n) is 8.05. The van der Waals surface area contributed by atoms with Crippen molar-refractivity contribution >= 4 is 5.97 Å². The molecule has 0 bridgehead atoms. The molecule has 0 spiro atoms. The molecule has 0 amide bonds. The number of aromatic nitrogens is 2. The molecule has 0 aliphatic heterocycles. The molecule has 2 rings (SSSR count). The van der Waals surface area contributed by atoms with Gasteiger partial charge in [0.2, 0.25) is 0 Å². The summed E-state index contributed by atoms with van der Waals surface area (Å²) in [7, 11) is 1.61. The number of imidazole rings is 1. The molecule has 130 valence electrons. The molecule has 0 fully saturated rings. The number of ether oxygens (including phenoxy) is 3. The van der Waals surface area contributed by atoms with Crippen LogP contribution in [-0.2, 0) is 9.47 Å². The Morgan fingerprint density at radius 2 is 2.04 bits per heavy atom. The number of benzene rings is 1. The molecule has 6 nitrogen and oxygen atoms in total. The van der Waals surface area contributed by atoms with Crippen molar-refractivity contribution in [2.45, 2.75) is 33.9 Å². The van der Waals surface area contributed by atoms with Crippen LogP contribution in [0.25, 0.3) is 11.4 Å². The van der Waals surface area contributed by atoms with Gasteiger partial charge in [0.15, 0.2) is 5.69 Å². The minimum absolute atomic E-state index is 0.307. The molecule has 1 heterocycles. The second kappa shape index (κ2) is 7.97. The van der Waals surface area contributed by atoms with Gasteiger partial charge in [0.05, 0.1) is 19.4 Å². The van der Waals surface area contributed by atoms with Crippen LogP contribution in [0.4, 0.5) is 0 Å². The zero-order valence-electron chi connectivity index (χ0n) is 14.8. The average Bonchev–Trinajstić information content (AvgIpc) is 2.93. The predicted molar refractivity (Wildman–Crippen MR) is 91.2 cm³/mol. The van der Waals surface area contributed by atoms with Crippen LogP contribution in [-0.4, -0.2) is 35.8 Å². The Balaban J connectivity index is 2.62. The predicted octanol–water partition coefficient (Wildman–Crippen LogP) is 3.60. The molecule has 0 N–H and O–H groups in total. The van der Waals surface area contributed by atoms with E-state index < -0.39 is 5.97 Å². The smallest absolute Gasteiger partial charge is 0.356 e. The summed E-state index contributed by atoms with van der Waals surface area (Å²) in [6, 6.07) is 7.56. The molecule has 1 aromatic heterocycles. The van der Waals surface area contributed by atoms with Gasteiger partial charge in [-0.2, -0.15) is 0 Å². The second-order valence-corrected chi connectivity index (χ2v) is 5.25. The van der Waals surface area contributed by atoms with E-state index in [1.807, 2.05) is 38.1 Å². The molecular weight excluding hydrogens is 308 g/mol. The van der Waals surface area contributed by atoms with Gasteiger partial charge in [0.1, 0.15) is 17.8 Å². The first-order chi connectivity index (χ1) is 11.5. The quantitative estimate of drug-likeness (QED) is 0.725. The maximum absolute atomic E-state index is 12.4. The molecule has 1 aromatic carbocycles. The third-order valence-corrected chi connectivity index (χ3v) is 3.65. The fraction of sp³-hybridized carbons (Fsp3) is 0.444. The van der Waals surface area contributed by atoms with Crippen molar-refractivity contribution in [2.24, 2.45) is 0 Å². The van der Waals surface area contributed by atoms with Crippen LogP contribution in [0.1, 0.15) is 43.2 Å². The lowest BCUT2D eigenvalue weighted by Gasteiger charge is -2.19. The molecule has 2 aromatic rings. The Labute approximate surface area is 142 Å². The van der Waals surface area contributed by atoms with Gasteiger partial charge in [0, 0.05) is 12.2 Å². The van der Waals surface area contributed by atoms with Crippen molar-refractivity contribution in [1.82, 2.24) is 9.55 Å². The van der Waals surface area contributed by atoms with Gasteiger partial charge in [-0.05, 0) is 39.8 Å². The zero-order valence-corrected chi connectivity index (χ0v) is 14.8. The van der Waals surface area contributed by atoms with Crippen LogP contribution in [0.2, 0.25) is 0 Å². The lowest BCUT2D eigenvalue weighted by atomic mass is 10.2. The van der Waals surface area contributed by atoms with Crippen LogP contribution in [0.3, 0.4) is 0 Å². The number of hydrogen-bond donors (Lipinski definition) is 0. The monoisotopic (exact) mass is 332 g/mol. The molecule has 1 atom stereocenters. The van der Waals surface area contributed by atoms with Gasteiger partial charge in [-0.25, -0.2) is 9.78 Å². The topological polar surface area (TPSA) is 62.6 Å². The normalized spacial score (nSPS) is 12.0.